The molecule has 0 saturated carbocycles. The van der Waals surface area contributed by atoms with Gasteiger partial charge in [-0.2, -0.15) is 0 Å². The third-order valence-corrected chi connectivity index (χ3v) is 7.08. The predicted molar refractivity (Wildman–Crippen MR) is 145 cm³/mol. The van der Waals surface area contributed by atoms with Gasteiger partial charge in [0.25, 0.3) is 11.8 Å². The van der Waals surface area contributed by atoms with E-state index in [0.29, 0.717) is 43.1 Å². The molecule has 4 aromatic rings. The normalized spacial score (nSPS) is 13.5. The van der Waals surface area contributed by atoms with Crippen molar-refractivity contribution in [2.45, 2.75) is 13.8 Å². The van der Waals surface area contributed by atoms with Crippen LogP contribution >= 0.6 is 0 Å². The van der Waals surface area contributed by atoms with E-state index in [2.05, 4.69) is 0 Å². The Labute approximate surface area is 221 Å². The average Bonchev–Trinajstić information content (AvgIpc) is 3.30. The smallest absolute Gasteiger partial charge is 0.255 e. The second-order valence-electron chi connectivity index (χ2n) is 9.52. The highest BCUT2D eigenvalue weighted by molar-refractivity contribution is 5.98. The summed E-state index contributed by atoms with van der Waals surface area (Å²) in [7, 11) is 1.57. The molecule has 0 atom stereocenters. The fraction of sp³-hybridized carbons (Fsp3) is 0.226. The van der Waals surface area contributed by atoms with Gasteiger partial charge in [0.1, 0.15) is 11.6 Å². The SMILES string of the molecule is COc1cccc(C(=O)N2CCN(C(=O)c3cc(-c4ccc(F)cc4)n(-c4ccc(C)cc4)c3C)CC2)c1. The van der Waals surface area contributed by atoms with Crippen LogP contribution < -0.4 is 4.74 Å². The zero-order chi connectivity index (χ0) is 26.8. The van der Waals surface area contributed by atoms with E-state index in [1.54, 1.807) is 53.3 Å². The summed E-state index contributed by atoms with van der Waals surface area (Å²) in [6.07, 6.45) is 0. The van der Waals surface area contributed by atoms with Crippen molar-refractivity contribution in [3.8, 4) is 22.7 Å². The van der Waals surface area contributed by atoms with Crippen LogP contribution in [0.25, 0.3) is 16.9 Å². The molecule has 1 saturated heterocycles. The van der Waals surface area contributed by atoms with Crippen LogP contribution in [0.3, 0.4) is 0 Å². The molecule has 5 rings (SSSR count). The summed E-state index contributed by atoms with van der Waals surface area (Å²) in [4.78, 5) is 30.3. The number of nitrogens with zero attached hydrogens (tertiary/aromatic N) is 3. The lowest BCUT2D eigenvalue weighted by atomic mass is 10.1. The molecule has 1 aromatic heterocycles. The van der Waals surface area contributed by atoms with Crippen LogP contribution in [0.2, 0.25) is 0 Å². The van der Waals surface area contributed by atoms with Crippen molar-refractivity contribution in [1.29, 1.82) is 0 Å². The van der Waals surface area contributed by atoms with E-state index >= 15 is 0 Å². The summed E-state index contributed by atoms with van der Waals surface area (Å²) < 4.78 is 20.9. The number of amides is 2. The summed E-state index contributed by atoms with van der Waals surface area (Å²) >= 11 is 0. The summed E-state index contributed by atoms with van der Waals surface area (Å²) in [6.45, 7) is 5.74. The molecule has 1 aliphatic heterocycles. The molecule has 0 aliphatic carbocycles. The van der Waals surface area contributed by atoms with Gasteiger partial charge in [0.15, 0.2) is 0 Å². The molecule has 2 heterocycles. The van der Waals surface area contributed by atoms with Gasteiger partial charge >= 0.3 is 0 Å². The number of piperazine rings is 1. The zero-order valence-electron chi connectivity index (χ0n) is 21.8. The fourth-order valence-electron chi connectivity index (χ4n) is 4.90. The van der Waals surface area contributed by atoms with Crippen LogP contribution in [0.4, 0.5) is 4.39 Å². The zero-order valence-corrected chi connectivity index (χ0v) is 21.8. The molecule has 2 amide bonds. The van der Waals surface area contributed by atoms with E-state index in [1.165, 1.54) is 12.1 Å². The third kappa shape index (κ3) is 4.92. The second kappa shape index (κ2) is 10.5. The lowest BCUT2D eigenvalue weighted by molar-refractivity contribution is 0.0535. The first-order chi connectivity index (χ1) is 18.4. The van der Waals surface area contributed by atoms with Crippen LogP contribution in [-0.4, -0.2) is 59.5 Å². The molecule has 7 heteroatoms. The van der Waals surface area contributed by atoms with Crippen molar-refractivity contribution >= 4 is 11.8 Å². The van der Waals surface area contributed by atoms with Crippen LogP contribution in [-0.2, 0) is 0 Å². The van der Waals surface area contributed by atoms with Crippen molar-refractivity contribution in [1.82, 2.24) is 14.4 Å². The topological polar surface area (TPSA) is 54.8 Å². The Balaban J connectivity index is 1.40. The van der Waals surface area contributed by atoms with Crippen LogP contribution in [0.1, 0.15) is 32.0 Å². The predicted octanol–water partition coefficient (Wildman–Crippen LogP) is 5.51. The molecule has 0 spiro atoms. The quantitative estimate of drug-likeness (QED) is 0.355. The molecule has 1 fully saturated rings. The van der Waals surface area contributed by atoms with Gasteiger partial charge in [-0.1, -0.05) is 23.8 Å². The Kier molecular flexibility index (Phi) is 7.01. The van der Waals surface area contributed by atoms with Gasteiger partial charge < -0.3 is 19.1 Å². The largest absolute Gasteiger partial charge is 0.497 e. The lowest BCUT2D eigenvalue weighted by Crippen LogP contribution is -2.50. The molecule has 0 bridgehead atoms. The molecule has 0 radical (unpaired) electrons. The standard InChI is InChI=1S/C31H30FN3O3/c1-21-7-13-26(14-8-21)35-22(2)28(20-29(35)23-9-11-25(32)12-10-23)31(37)34-17-15-33(16-18-34)30(36)24-5-4-6-27(19-24)38-3/h4-14,19-20H,15-18H2,1-3H3. The number of hydrogen-bond acceptors (Lipinski definition) is 3. The highest BCUT2D eigenvalue weighted by atomic mass is 19.1. The molecule has 6 nitrogen and oxygen atoms in total. The van der Waals surface area contributed by atoms with E-state index in [9.17, 15) is 14.0 Å². The number of carbonyl (C=O) groups is 2. The minimum absolute atomic E-state index is 0.0729. The van der Waals surface area contributed by atoms with Crippen LogP contribution in [0.5, 0.6) is 5.75 Å². The lowest BCUT2D eigenvalue weighted by Gasteiger charge is -2.35. The molecular formula is C31H30FN3O3. The molecule has 38 heavy (non-hydrogen) atoms. The average molecular weight is 512 g/mol. The van der Waals surface area contributed by atoms with Gasteiger partial charge in [-0.3, -0.25) is 9.59 Å². The number of benzene rings is 3. The van der Waals surface area contributed by atoms with Crippen molar-refractivity contribution in [2.75, 3.05) is 33.3 Å². The number of aromatic nitrogens is 1. The van der Waals surface area contributed by atoms with E-state index in [1.807, 2.05) is 48.7 Å². The van der Waals surface area contributed by atoms with E-state index < -0.39 is 0 Å². The number of aryl methyl sites for hydroxylation is 1. The number of carbonyl (C=O) groups excluding carboxylic acids is 2. The Hall–Kier alpha value is -4.39. The Morgan fingerprint density at radius 1 is 0.789 bits per heavy atom. The van der Waals surface area contributed by atoms with Gasteiger partial charge in [0, 0.05) is 43.1 Å². The van der Waals surface area contributed by atoms with E-state index in [0.717, 1.165) is 28.2 Å². The summed E-state index contributed by atoms with van der Waals surface area (Å²) in [5.41, 5.74) is 5.69. The van der Waals surface area contributed by atoms with Gasteiger partial charge in [-0.15, -0.1) is 0 Å². The van der Waals surface area contributed by atoms with Gasteiger partial charge in [-0.25, -0.2) is 4.39 Å². The minimum atomic E-state index is -0.309. The number of hydrogen-bond donors (Lipinski definition) is 0. The number of rotatable bonds is 5. The summed E-state index contributed by atoms with van der Waals surface area (Å²) in [5, 5.41) is 0. The van der Waals surface area contributed by atoms with Crippen LogP contribution in [0.15, 0.2) is 78.9 Å². The maximum absolute atomic E-state index is 13.7. The van der Waals surface area contributed by atoms with Crippen molar-refractivity contribution in [3.05, 3.63) is 107 Å². The molecule has 0 unspecified atom stereocenters. The fourth-order valence-corrected chi connectivity index (χ4v) is 4.90. The molecule has 3 aromatic carbocycles. The van der Waals surface area contributed by atoms with Crippen LogP contribution in [0, 0.1) is 19.7 Å². The maximum Gasteiger partial charge on any atom is 0.255 e. The number of ether oxygens (including phenoxy) is 1. The Bertz CT molecular complexity index is 1470. The van der Waals surface area contributed by atoms with Gasteiger partial charge in [-0.05, 0) is 80.1 Å². The molecule has 0 N–H and O–H groups in total. The number of methoxy groups -OCH3 is 1. The van der Waals surface area contributed by atoms with Gasteiger partial charge in [0.2, 0.25) is 0 Å². The first kappa shape index (κ1) is 25.3. The van der Waals surface area contributed by atoms with E-state index in [4.69, 9.17) is 4.74 Å². The Morgan fingerprint density at radius 3 is 2.05 bits per heavy atom. The first-order valence-corrected chi connectivity index (χ1v) is 12.6. The van der Waals surface area contributed by atoms with E-state index in [-0.39, 0.29) is 17.6 Å². The molecule has 194 valence electrons. The highest BCUT2D eigenvalue weighted by Gasteiger charge is 2.28. The number of halogens is 1. The highest BCUT2D eigenvalue weighted by Crippen LogP contribution is 2.31. The molecular weight excluding hydrogens is 481 g/mol. The molecule has 1 aliphatic rings. The van der Waals surface area contributed by atoms with Crippen molar-refractivity contribution in [2.24, 2.45) is 0 Å². The Morgan fingerprint density at radius 2 is 1.42 bits per heavy atom. The summed E-state index contributed by atoms with van der Waals surface area (Å²) in [6, 6.07) is 23.4. The first-order valence-electron chi connectivity index (χ1n) is 12.6. The van der Waals surface area contributed by atoms with Gasteiger partial charge in [0.05, 0.1) is 18.4 Å². The monoisotopic (exact) mass is 511 g/mol. The minimum Gasteiger partial charge on any atom is -0.497 e. The third-order valence-electron chi connectivity index (χ3n) is 7.08. The second-order valence-corrected chi connectivity index (χ2v) is 9.52. The maximum atomic E-state index is 13.7. The summed E-state index contributed by atoms with van der Waals surface area (Å²) in [5.74, 6) is 0.174. The van der Waals surface area contributed by atoms with Crippen molar-refractivity contribution < 1.29 is 18.7 Å². The van der Waals surface area contributed by atoms with Crippen molar-refractivity contribution in [3.63, 3.8) is 0 Å².